The van der Waals surface area contributed by atoms with Crippen molar-refractivity contribution >= 4 is 28.1 Å². The third-order valence-corrected chi connectivity index (χ3v) is 4.53. The second kappa shape index (κ2) is 6.03. The molecule has 0 spiro atoms. The fourth-order valence-electron chi connectivity index (χ4n) is 3.21. The summed E-state index contributed by atoms with van der Waals surface area (Å²) in [6.07, 6.45) is 1.23. The highest BCUT2D eigenvalue weighted by Crippen LogP contribution is 2.30. The maximum absolute atomic E-state index is 12.0. The third kappa shape index (κ3) is 2.69. The van der Waals surface area contributed by atoms with Crippen molar-refractivity contribution in [3.05, 3.63) is 80.9 Å². The number of aromatic amines is 2. The standard InChI is InChI=1S/C19H16N4O3/c1-2-17(24)20-13-4-3-11-9-23(10-12(11)7-13)14-5-6-15-16(8-14)19(26)22-21-18(15)25/h2-8H,1,9-10H2,(H,20,24)(H,21,25)(H,22,26). The Kier molecular flexibility index (Phi) is 3.69. The quantitative estimate of drug-likeness (QED) is 0.629. The van der Waals surface area contributed by atoms with Gasteiger partial charge in [-0.1, -0.05) is 12.6 Å². The molecule has 1 aliphatic rings. The van der Waals surface area contributed by atoms with Crippen molar-refractivity contribution in [1.82, 2.24) is 10.2 Å². The summed E-state index contributed by atoms with van der Waals surface area (Å²) in [5.74, 6) is -0.251. The molecule has 2 heterocycles. The number of aromatic nitrogens is 2. The lowest BCUT2D eigenvalue weighted by Gasteiger charge is -2.18. The van der Waals surface area contributed by atoms with Gasteiger partial charge in [-0.25, -0.2) is 0 Å². The van der Waals surface area contributed by atoms with Gasteiger partial charge in [-0.2, -0.15) is 0 Å². The van der Waals surface area contributed by atoms with Crippen LogP contribution in [0.5, 0.6) is 0 Å². The van der Waals surface area contributed by atoms with Gasteiger partial charge in [0.1, 0.15) is 0 Å². The minimum absolute atomic E-state index is 0.251. The van der Waals surface area contributed by atoms with E-state index in [-0.39, 0.29) is 17.0 Å². The number of carbonyl (C=O) groups is 1. The van der Waals surface area contributed by atoms with Gasteiger partial charge in [-0.3, -0.25) is 24.6 Å². The molecule has 0 radical (unpaired) electrons. The lowest BCUT2D eigenvalue weighted by molar-refractivity contribution is -0.111. The second-order valence-electron chi connectivity index (χ2n) is 6.17. The molecule has 2 aromatic carbocycles. The Morgan fingerprint density at radius 2 is 1.73 bits per heavy atom. The minimum Gasteiger partial charge on any atom is -0.363 e. The highest BCUT2D eigenvalue weighted by atomic mass is 16.2. The monoisotopic (exact) mass is 348 g/mol. The van der Waals surface area contributed by atoms with Gasteiger partial charge in [0.05, 0.1) is 10.8 Å². The molecule has 0 bridgehead atoms. The molecule has 0 atom stereocenters. The van der Waals surface area contributed by atoms with Crippen LogP contribution < -0.4 is 21.3 Å². The molecular weight excluding hydrogens is 332 g/mol. The molecule has 0 saturated carbocycles. The summed E-state index contributed by atoms with van der Waals surface area (Å²) in [6, 6.07) is 11.0. The summed E-state index contributed by atoms with van der Waals surface area (Å²) in [7, 11) is 0. The molecule has 3 N–H and O–H groups in total. The van der Waals surface area contributed by atoms with Crippen molar-refractivity contribution in [1.29, 1.82) is 0 Å². The van der Waals surface area contributed by atoms with Crippen LogP contribution in [0.3, 0.4) is 0 Å². The second-order valence-corrected chi connectivity index (χ2v) is 6.17. The summed E-state index contributed by atoms with van der Waals surface area (Å²) < 4.78 is 0. The molecular formula is C19H16N4O3. The van der Waals surface area contributed by atoms with Crippen LogP contribution in [0.2, 0.25) is 0 Å². The number of nitrogens with zero attached hydrogens (tertiary/aromatic N) is 1. The number of carbonyl (C=O) groups excluding carboxylic acids is 1. The number of rotatable bonds is 3. The van der Waals surface area contributed by atoms with Gasteiger partial charge in [0.2, 0.25) is 5.91 Å². The van der Waals surface area contributed by atoms with Gasteiger partial charge in [-0.05, 0) is 47.5 Å². The van der Waals surface area contributed by atoms with Crippen LogP contribution in [0, 0.1) is 0 Å². The Hall–Kier alpha value is -3.61. The number of H-pyrrole nitrogens is 2. The van der Waals surface area contributed by atoms with Crippen molar-refractivity contribution in [2.75, 3.05) is 10.2 Å². The van der Waals surface area contributed by atoms with E-state index >= 15 is 0 Å². The molecule has 0 unspecified atom stereocenters. The third-order valence-electron chi connectivity index (χ3n) is 4.53. The molecule has 3 aromatic rings. The van der Waals surface area contributed by atoms with Crippen LogP contribution in [0.25, 0.3) is 10.8 Å². The van der Waals surface area contributed by atoms with Crippen LogP contribution in [-0.4, -0.2) is 16.1 Å². The zero-order valence-electron chi connectivity index (χ0n) is 13.8. The topological polar surface area (TPSA) is 98.1 Å². The van der Waals surface area contributed by atoms with Gasteiger partial charge in [-0.15, -0.1) is 0 Å². The van der Waals surface area contributed by atoms with E-state index in [1.54, 1.807) is 12.1 Å². The van der Waals surface area contributed by atoms with Crippen LogP contribution in [-0.2, 0) is 17.9 Å². The van der Waals surface area contributed by atoms with E-state index < -0.39 is 0 Å². The Balaban J connectivity index is 1.66. The van der Waals surface area contributed by atoms with Crippen molar-refractivity contribution in [2.24, 2.45) is 0 Å². The maximum Gasteiger partial charge on any atom is 0.270 e. The average Bonchev–Trinajstić information content (AvgIpc) is 3.08. The largest absolute Gasteiger partial charge is 0.363 e. The summed E-state index contributed by atoms with van der Waals surface area (Å²) in [4.78, 5) is 37.4. The molecule has 0 aliphatic carbocycles. The predicted octanol–water partition coefficient (Wildman–Crippen LogP) is 1.86. The van der Waals surface area contributed by atoms with Crippen molar-refractivity contribution in [3.8, 4) is 0 Å². The van der Waals surface area contributed by atoms with Gasteiger partial charge < -0.3 is 10.2 Å². The molecule has 0 saturated heterocycles. The van der Waals surface area contributed by atoms with Crippen LogP contribution in [0.15, 0.2) is 58.6 Å². The summed E-state index contributed by atoms with van der Waals surface area (Å²) in [5, 5.41) is 8.15. The highest BCUT2D eigenvalue weighted by molar-refractivity contribution is 5.99. The Bertz CT molecular complexity index is 1160. The molecule has 1 amide bonds. The fraction of sp³-hybridized carbons (Fsp3) is 0.105. The van der Waals surface area contributed by atoms with E-state index in [0.29, 0.717) is 23.9 Å². The van der Waals surface area contributed by atoms with E-state index in [9.17, 15) is 14.4 Å². The van der Waals surface area contributed by atoms with Crippen LogP contribution in [0.4, 0.5) is 11.4 Å². The first-order valence-electron chi connectivity index (χ1n) is 8.10. The summed E-state index contributed by atoms with van der Waals surface area (Å²) in [6.45, 7) is 4.79. The summed E-state index contributed by atoms with van der Waals surface area (Å²) in [5.41, 5.74) is 3.19. The normalized spacial score (nSPS) is 12.8. The zero-order valence-corrected chi connectivity index (χ0v) is 13.8. The molecule has 4 rings (SSSR count). The molecule has 1 aromatic heterocycles. The van der Waals surface area contributed by atoms with Crippen LogP contribution >= 0.6 is 0 Å². The number of amides is 1. The first-order chi connectivity index (χ1) is 12.5. The SMILES string of the molecule is C=CC(=O)Nc1ccc2c(c1)CN(c1ccc3c(=O)[nH][nH]c(=O)c3c1)C2. The first kappa shape index (κ1) is 15.9. The molecule has 130 valence electrons. The molecule has 1 aliphatic heterocycles. The molecule has 7 nitrogen and oxygen atoms in total. The predicted molar refractivity (Wildman–Crippen MR) is 100 cm³/mol. The van der Waals surface area contributed by atoms with E-state index in [4.69, 9.17) is 0 Å². The Labute approximate surface area is 148 Å². The zero-order chi connectivity index (χ0) is 18.3. The van der Waals surface area contributed by atoms with E-state index in [0.717, 1.165) is 22.5 Å². The van der Waals surface area contributed by atoms with Gasteiger partial charge in [0, 0.05) is 24.5 Å². The van der Waals surface area contributed by atoms with Crippen LogP contribution in [0.1, 0.15) is 11.1 Å². The number of benzene rings is 2. The first-order valence-corrected chi connectivity index (χ1v) is 8.10. The highest BCUT2D eigenvalue weighted by Gasteiger charge is 2.20. The van der Waals surface area contributed by atoms with Gasteiger partial charge in [0.25, 0.3) is 11.1 Å². The van der Waals surface area contributed by atoms with E-state index in [1.165, 1.54) is 6.08 Å². The van der Waals surface area contributed by atoms with E-state index in [2.05, 4.69) is 27.0 Å². The van der Waals surface area contributed by atoms with Crippen molar-refractivity contribution in [3.63, 3.8) is 0 Å². The number of anilines is 2. The molecule has 26 heavy (non-hydrogen) atoms. The smallest absolute Gasteiger partial charge is 0.270 e. The Morgan fingerprint density at radius 3 is 2.50 bits per heavy atom. The summed E-state index contributed by atoms with van der Waals surface area (Å²) >= 11 is 0. The van der Waals surface area contributed by atoms with Gasteiger partial charge >= 0.3 is 0 Å². The minimum atomic E-state index is -0.326. The van der Waals surface area contributed by atoms with Crippen molar-refractivity contribution < 1.29 is 4.79 Å². The number of hydrogen-bond acceptors (Lipinski definition) is 4. The molecule has 0 fully saturated rings. The van der Waals surface area contributed by atoms with Gasteiger partial charge in [0.15, 0.2) is 0 Å². The average molecular weight is 348 g/mol. The number of hydrogen-bond donors (Lipinski definition) is 3. The Morgan fingerprint density at radius 1 is 1.00 bits per heavy atom. The maximum atomic E-state index is 12.0. The van der Waals surface area contributed by atoms with E-state index in [1.807, 2.05) is 24.3 Å². The number of nitrogens with one attached hydrogen (secondary N) is 3. The molecule has 7 heteroatoms. The lowest BCUT2D eigenvalue weighted by Crippen LogP contribution is -2.20. The lowest BCUT2D eigenvalue weighted by atomic mass is 10.1. The van der Waals surface area contributed by atoms with Crippen molar-refractivity contribution in [2.45, 2.75) is 13.1 Å². The fourth-order valence-corrected chi connectivity index (χ4v) is 3.21. The number of fused-ring (bicyclic) bond motifs is 2.